The lowest BCUT2D eigenvalue weighted by Gasteiger charge is -2.14. The topological polar surface area (TPSA) is 60.2 Å². The van der Waals surface area contributed by atoms with Crippen molar-refractivity contribution in [1.82, 2.24) is 0 Å². The van der Waals surface area contributed by atoms with Gasteiger partial charge in [-0.3, -0.25) is 14.9 Å². The average Bonchev–Trinajstić information content (AvgIpc) is 2.27. The fraction of sp³-hybridized carbons (Fsp3) is 0.417. The van der Waals surface area contributed by atoms with Crippen LogP contribution in [-0.2, 0) is 0 Å². The maximum absolute atomic E-state index is 11.9. The van der Waals surface area contributed by atoms with E-state index in [-0.39, 0.29) is 29.1 Å². The molecule has 0 aliphatic rings. The van der Waals surface area contributed by atoms with Crippen molar-refractivity contribution in [2.45, 2.75) is 13.8 Å². The monoisotopic (exact) mass is 221 g/mol. The van der Waals surface area contributed by atoms with Crippen LogP contribution in [0.5, 0.6) is 0 Å². The molecule has 0 fully saturated rings. The molecule has 0 amide bonds. The molecule has 1 aromatic rings. The van der Waals surface area contributed by atoms with E-state index in [1.165, 1.54) is 0 Å². The summed E-state index contributed by atoms with van der Waals surface area (Å²) in [7, 11) is 0. The van der Waals surface area contributed by atoms with Gasteiger partial charge in [-0.1, -0.05) is 44.2 Å². The molecule has 4 heteroatoms. The molecule has 1 rings (SSSR count). The summed E-state index contributed by atoms with van der Waals surface area (Å²) in [5.74, 6) is -0.606. The van der Waals surface area contributed by atoms with E-state index >= 15 is 0 Å². The molecule has 1 aromatic carbocycles. The second-order valence-corrected chi connectivity index (χ2v) is 4.01. The van der Waals surface area contributed by atoms with Crippen molar-refractivity contribution in [3.05, 3.63) is 46.0 Å². The summed E-state index contributed by atoms with van der Waals surface area (Å²) in [6.07, 6.45) is 0. The van der Waals surface area contributed by atoms with Gasteiger partial charge in [0.15, 0.2) is 5.78 Å². The van der Waals surface area contributed by atoms with Crippen LogP contribution < -0.4 is 0 Å². The summed E-state index contributed by atoms with van der Waals surface area (Å²) in [6, 6.07) is 8.88. The zero-order chi connectivity index (χ0) is 12.1. The summed E-state index contributed by atoms with van der Waals surface area (Å²) >= 11 is 0. The van der Waals surface area contributed by atoms with Crippen LogP contribution in [0.2, 0.25) is 0 Å². The van der Waals surface area contributed by atoms with Crippen LogP contribution in [-0.4, -0.2) is 17.3 Å². The molecule has 0 N–H and O–H groups in total. The van der Waals surface area contributed by atoms with Gasteiger partial charge in [0, 0.05) is 22.3 Å². The molecule has 16 heavy (non-hydrogen) atoms. The summed E-state index contributed by atoms with van der Waals surface area (Å²) in [6.45, 7) is 3.30. The lowest BCUT2D eigenvalue weighted by atomic mass is 9.88. The first kappa shape index (κ1) is 12.4. The molecule has 0 saturated heterocycles. The van der Waals surface area contributed by atoms with Gasteiger partial charge < -0.3 is 0 Å². The molecular formula is C12H15NO3. The Balaban J connectivity index is 2.71. The Morgan fingerprint density at radius 1 is 1.31 bits per heavy atom. The van der Waals surface area contributed by atoms with Crippen LogP contribution in [0, 0.1) is 22.0 Å². The molecule has 2 unspecified atom stereocenters. The summed E-state index contributed by atoms with van der Waals surface area (Å²) in [5.41, 5.74) is 0.616. The van der Waals surface area contributed by atoms with E-state index in [0.717, 1.165) is 0 Å². The van der Waals surface area contributed by atoms with Gasteiger partial charge in [-0.05, 0) is 0 Å². The van der Waals surface area contributed by atoms with Crippen LogP contribution in [0.4, 0.5) is 0 Å². The minimum absolute atomic E-state index is 0.0325. The minimum atomic E-state index is -0.376. The molecule has 0 aromatic heterocycles. The molecule has 86 valence electrons. The van der Waals surface area contributed by atoms with Gasteiger partial charge in [0.2, 0.25) is 6.54 Å². The van der Waals surface area contributed by atoms with Crippen molar-refractivity contribution in [3.8, 4) is 0 Å². The van der Waals surface area contributed by atoms with E-state index in [4.69, 9.17) is 0 Å². The smallest absolute Gasteiger partial charge is 0.207 e. The second kappa shape index (κ2) is 5.39. The van der Waals surface area contributed by atoms with Crippen LogP contribution >= 0.6 is 0 Å². The van der Waals surface area contributed by atoms with E-state index in [9.17, 15) is 14.9 Å². The first-order valence-electron chi connectivity index (χ1n) is 5.23. The number of ketones is 1. The highest BCUT2D eigenvalue weighted by molar-refractivity contribution is 5.97. The van der Waals surface area contributed by atoms with Gasteiger partial charge in [0.25, 0.3) is 0 Å². The molecule has 0 spiro atoms. The maximum Gasteiger partial charge on any atom is 0.207 e. The summed E-state index contributed by atoms with van der Waals surface area (Å²) in [5, 5.41) is 10.4. The molecular weight excluding hydrogens is 206 g/mol. The summed E-state index contributed by atoms with van der Waals surface area (Å²) in [4.78, 5) is 21.9. The Morgan fingerprint density at radius 2 is 1.88 bits per heavy atom. The van der Waals surface area contributed by atoms with E-state index < -0.39 is 0 Å². The molecule has 0 radical (unpaired) electrons. The van der Waals surface area contributed by atoms with Crippen molar-refractivity contribution >= 4 is 5.78 Å². The highest BCUT2D eigenvalue weighted by Gasteiger charge is 2.24. The molecule has 2 atom stereocenters. The van der Waals surface area contributed by atoms with Crippen molar-refractivity contribution in [2.24, 2.45) is 11.8 Å². The quantitative estimate of drug-likeness (QED) is 0.436. The zero-order valence-corrected chi connectivity index (χ0v) is 9.42. The second-order valence-electron chi connectivity index (χ2n) is 4.01. The largest absolute Gasteiger partial charge is 0.294 e. The third-order valence-electron chi connectivity index (χ3n) is 2.76. The number of carbonyl (C=O) groups excluding carboxylic acids is 1. The fourth-order valence-electron chi connectivity index (χ4n) is 1.52. The minimum Gasteiger partial charge on any atom is -0.294 e. The standard InChI is InChI=1S/C12H15NO3/c1-9(8-13(15)16)10(2)12(14)11-6-4-3-5-7-11/h3-7,9-10H,8H2,1-2H3. The Bertz CT molecular complexity index is 375. The van der Waals surface area contributed by atoms with E-state index in [1.54, 1.807) is 38.1 Å². The fourth-order valence-corrected chi connectivity index (χ4v) is 1.52. The van der Waals surface area contributed by atoms with Crippen LogP contribution in [0.1, 0.15) is 24.2 Å². The Kier molecular flexibility index (Phi) is 4.17. The van der Waals surface area contributed by atoms with Crippen molar-refractivity contribution in [2.75, 3.05) is 6.54 Å². The molecule has 0 heterocycles. The molecule has 0 bridgehead atoms. The normalized spacial score (nSPS) is 14.1. The van der Waals surface area contributed by atoms with Crippen LogP contribution in [0.25, 0.3) is 0 Å². The van der Waals surface area contributed by atoms with Crippen molar-refractivity contribution in [3.63, 3.8) is 0 Å². The van der Waals surface area contributed by atoms with E-state index in [0.29, 0.717) is 5.56 Å². The van der Waals surface area contributed by atoms with Crippen molar-refractivity contribution in [1.29, 1.82) is 0 Å². The SMILES string of the molecule is CC(C[N+](=O)[O-])C(C)C(=O)c1ccccc1. The molecule has 4 nitrogen and oxygen atoms in total. The van der Waals surface area contributed by atoms with Crippen LogP contribution in [0.15, 0.2) is 30.3 Å². The average molecular weight is 221 g/mol. The highest BCUT2D eigenvalue weighted by Crippen LogP contribution is 2.17. The molecule has 0 saturated carbocycles. The number of hydrogen-bond donors (Lipinski definition) is 0. The van der Waals surface area contributed by atoms with Gasteiger partial charge in [-0.25, -0.2) is 0 Å². The highest BCUT2D eigenvalue weighted by atomic mass is 16.6. The van der Waals surface area contributed by atoms with E-state index in [1.807, 2.05) is 6.07 Å². The number of nitrogens with zero attached hydrogens (tertiary/aromatic N) is 1. The van der Waals surface area contributed by atoms with Gasteiger partial charge >= 0.3 is 0 Å². The Hall–Kier alpha value is -1.71. The van der Waals surface area contributed by atoms with Gasteiger partial charge in [-0.2, -0.15) is 0 Å². The summed E-state index contributed by atoms with van der Waals surface area (Å²) < 4.78 is 0. The Morgan fingerprint density at radius 3 is 2.38 bits per heavy atom. The van der Waals surface area contributed by atoms with Crippen LogP contribution in [0.3, 0.4) is 0 Å². The molecule has 0 aliphatic carbocycles. The van der Waals surface area contributed by atoms with Gasteiger partial charge in [0.1, 0.15) is 0 Å². The van der Waals surface area contributed by atoms with Gasteiger partial charge in [-0.15, -0.1) is 0 Å². The lowest BCUT2D eigenvalue weighted by molar-refractivity contribution is -0.488. The predicted octanol–water partition coefficient (Wildman–Crippen LogP) is 2.42. The lowest BCUT2D eigenvalue weighted by Crippen LogP contribution is -2.24. The third kappa shape index (κ3) is 3.15. The van der Waals surface area contributed by atoms with E-state index in [2.05, 4.69) is 0 Å². The number of Topliss-reactive ketones (excluding diaryl/α,β-unsaturated/α-hetero) is 1. The molecule has 0 aliphatic heterocycles. The number of carbonyl (C=O) groups is 1. The zero-order valence-electron chi connectivity index (χ0n) is 9.42. The number of hydrogen-bond acceptors (Lipinski definition) is 3. The predicted molar refractivity (Wildman–Crippen MR) is 61.0 cm³/mol. The third-order valence-corrected chi connectivity index (χ3v) is 2.76. The first-order chi connectivity index (χ1) is 7.52. The first-order valence-corrected chi connectivity index (χ1v) is 5.23. The maximum atomic E-state index is 11.9. The number of benzene rings is 1. The van der Waals surface area contributed by atoms with Gasteiger partial charge in [0.05, 0.1) is 0 Å². The Labute approximate surface area is 94.4 Å². The number of nitro groups is 1. The van der Waals surface area contributed by atoms with Crippen molar-refractivity contribution < 1.29 is 9.72 Å². The number of rotatable bonds is 5.